The number of carboxylic acids is 1. The summed E-state index contributed by atoms with van der Waals surface area (Å²) in [6.07, 6.45) is 0.471. The van der Waals surface area contributed by atoms with E-state index in [1.165, 1.54) is 0 Å². The van der Waals surface area contributed by atoms with Crippen molar-refractivity contribution in [2.24, 2.45) is 0 Å². The van der Waals surface area contributed by atoms with Gasteiger partial charge in [0.25, 0.3) is 0 Å². The lowest BCUT2D eigenvalue weighted by Crippen LogP contribution is -2.11. The summed E-state index contributed by atoms with van der Waals surface area (Å²) in [5.41, 5.74) is 0.505. The molecule has 0 aliphatic carbocycles. The average Bonchev–Trinajstić information content (AvgIpc) is 2.10. The quantitative estimate of drug-likeness (QED) is 0.866. The molecule has 1 atom stereocenters. The van der Waals surface area contributed by atoms with Crippen molar-refractivity contribution >= 4 is 29.2 Å². The standard InChI is InChI=1S/C10H10Cl2O2/c1-2-6(10(13)14)9-7(11)4-3-5-8(9)12/h3-6H,2H2,1H3,(H,13,14). The van der Waals surface area contributed by atoms with E-state index in [0.29, 0.717) is 22.0 Å². The minimum atomic E-state index is -0.900. The Balaban J connectivity index is 3.22. The van der Waals surface area contributed by atoms with Gasteiger partial charge in [0.1, 0.15) is 0 Å². The normalized spacial score (nSPS) is 12.5. The van der Waals surface area contributed by atoms with Gasteiger partial charge >= 0.3 is 5.97 Å². The summed E-state index contributed by atoms with van der Waals surface area (Å²) in [5, 5.41) is 9.78. The summed E-state index contributed by atoms with van der Waals surface area (Å²) in [4.78, 5) is 10.9. The Morgan fingerprint density at radius 1 is 1.43 bits per heavy atom. The number of aliphatic carboxylic acids is 1. The summed E-state index contributed by atoms with van der Waals surface area (Å²) in [5.74, 6) is -1.53. The third-order valence-electron chi connectivity index (χ3n) is 2.05. The molecule has 1 aromatic carbocycles. The molecule has 2 nitrogen and oxygen atoms in total. The lowest BCUT2D eigenvalue weighted by Gasteiger charge is -2.13. The van der Waals surface area contributed by atoms with Crippen molar-refractivity contribution in [3.8, 4) is 0 Å². The molecule has 1 N–H and O–H groups in total. The van der Waals surface area contributed by atoms with E-state index >= 15 is 0 Å². The SMILES string of the molecule is CCC(C(=O)O)c1c(Cl)cccc1Cl. The molecule has 0 aromatic heterocycles. The van der Waals surface area contributed by atoms with Gasteiger partial charge in [0.2, 0.25) is 0 Å². The van der Waals surface area contributed by atoms with Crippen LogP contribution in [0.15, 0.2) is 18.2 Å². The van der Waals surface area contributed by atoms with Gasteiger partial charge in [0, 0.05) is 15.6 Å². The molecule has 0 bridgehead atoms. The molecule has 0 amide bonds. The first-order valence-corrected chi connectivity index (χ1v) is 5.00. The van der Waals surface area contributed by atoms with Crippen LogP contribution in [0.1, 0.15) is 24.8 Å². The summed E-state index contributed by atoms with van der Waals surface area (Å²) < 4.78 is 0. The first kappa shape index (κ1) is 11.3. The van der Waals surface area contributed by atoms with Gasteiger partial charge in [-0.2, -0.15) is 0 Å². The molecular weight excluding hydrogens is 223 g/mol. The highest BCUT2D eigenvalue weighted by molar-refractivity contribution is 6.36. The van der Waals surface area contributed by atoms with Gasteiger partial charge < -0.3 is 5.11 Å². The van der Waals surface area contributed by atoms with Crippen LogP contribution >= 0.6 is 23.2 Å². The Hall–Kier alpha value is -0.730. The summed E-state index contributed by atoms with van der Waals surface area (Å²) in [6.45, 7) is 1.79. The Kier molecular flexibility index (Phi) is 3.78. The fourth-order valence-electron chi connectivity index (χ4n) is 1.35. The fourth-order valence-corrected chi connectivity index (χ4v) is 2.01. The first-order chi connectivity index (χ1) is 6.57. The topological polar surface area (TPSA) is 37.3 Å². The predicted octanol–water partition coefficient (Wildman–Crippen LogP) is 3.57. The molecule has 1 unspecified atom stereocenters. The molecule has 0 fully saturated rings. The number of hydrogen-bond donors (Lipinski definition) is 1. The largest absolute Gasteiger partial charge is 0.481 e. The van der Waals surface area contributed by atoms with E-state index in [2.05, 4.69) is 0 Å². The lowest BCUT2D eigenvalue weighted by molar-refractivity contribution is -0.138. The molecule has 0 spiro atoms. The first-order valence-electron chi connectivity index (χ1n) is 4.24. The van der Waals surface area contributed by atoms with Crippen molar-refractivity contribution in [1.82, 2.24) is 0 Å². The van der Waals surface area contributed by atoms with E-state index < -0.39 is 11.9 Å². The molecule has 1 rings (SSSR count). The van der Waals surface area contributed by atoms with E-state index in [-0.39, 0.29) is 0 Å². The molecule has 0 aliphatic heterocycles. The smallest absolute Gasteiger partial charge is 0.311 e. The van der Waals surface area contributed by atoms with Crippen LogP contribution < -0.4 is 0 Å². The zero-order valence-corrected chi connectivity index (χ0v) is 9.14. The van der Waals surface area contributed by atoms with E-state index in [1.54, 1.807) is 25.1 Å². The van der Waals surface area contributed by atoms with Crippen molar-refractivity contribution in [2.45, 2.75) is 19.3 Å². The molecule has 1 aromatic rings. The maximum atomic E-state index is 10.9. The van der Waals surface area contributed by atoms with Crippen molar-refractivity contribution in [3.05, 3.63) is 33.8 Å². The second-order valence-corrected chi connectivity index (χ2v) is 3.75. The van der Waals surface area contributed by atoms with Crippen LogP contribution in [0.25, 0.3) is 0 Å². The maximum Gasteiger partial charge on any atom is 0.311 e. The minimum Gasteiger partial charge on any atom is -0.481 e. The number of rotatable bonds is 3. The van der Waals surface area contributed by atoms with Gasteiger partial charge in [-0.05, 0) is 18.6 Å². The Morgan fingerprint density at radius 2 is 1.93 bits per heavy atom. The van der Waals surface area contributed by atoms with Gasteiger partial charge in [-0.1, -0.05) is 36.2 Å². The second kappa shape index (κ2) is 4.67. The molecule has 0 radical (unpaired) electrons. The van der Waals surface area contributed by atoms with Crippen LogP contribution in [-0.2, 0) is 4.79 Å². The van der Waals surface area contributed by atoms with Crippen molar-refractivity contribution in [2.75, 3.05) is 0 Å². The lowest BCUT2D eigenvalue weighted by atomic mass is 9.96. The van der Waals surface area contributed by atoms with E-state index in [1.807, 2.05) is 0 Å². The number of carboxylic acid groups (broad SMARTS) is 1. The molecule has 4 heteroatoms. The summed E-state index contributed by atoms with van der Waals surface area (Å²) >= 11 is 11.8. The van der Waals surface area contributed by atoms with E-state index in [0.717, 1.165) is 0 Å². The third-order valence-corrected chi connectivity index (χ3v) is 2.71. The number of carbonyl (C=O) groups is 1. The minimum absolute atomic E-state index is 0.409. The van der Waals surface area contributed by atoms with Crippen LogP contribution in [0.4, 0.5) is 0 Å². The predicted molar refractivity (Wildman–Crippen MR) is 57.1 cm³/mol. The Morgan fingerprint density at radius 3 is 2.29 bits per heavy atom. The van der Waals surface area contributed by atoms with Crippen LogP contribution in [0.5, 0.6) is 0 Å². The van der Waals surface area contributed by atoms with Crippen LogP contribution in [0.2, 0.25) is 10.0 Å². The van der Waals surface area contributed by atoms with Gasteiger partial charge in [-0.15, -0.1) is 0 Å². The number of halogens is 2. The van der Waals surface area contributed by atoms with Gasteiger partial charge in [-0.3, -0.25) is 4.79 Å². The summed E-state index contributed by atoms with van der Waals surface area (Å²) in [7, 11) is 0. The van der Waals surface area contributed by atoms with Gasteiger partial charge in [0.15, 0.2) is 0 Å². The zero-order chi connectivity index (χ0) is 10.7. The highest BCUT2D eigenvalue weighted by atomic mass is 35.5. The zero-order valence-electron chi connectivity index (χ0n) is 7.63. The monoisotopic (exact) mass is 232 g/mol. The van der Waals surface area contributed by atoms with Crippen LogP contribution in [0, 0.1) is 0 Å². The number of hydrogen-bond acceptors (Lipinski definition) is 1. The van der Waals surface area contributed by atoms with Crippen molar-refractivity contribution in [1.29, 1.82) is 0 Å². The third kappa shape index (κ3) is 2.20. The van der Waals surface area contributed by atoms with Crippen molar-refractivity contribution in [3.63, 3.8) is 0 Å². The molecule has 0 saturated heterocycles. The van der Waals surface area contributed by atoms with Crippen LogP contribution in [0.3, 0.4) is 0 Å². The molecule has 76 valence electrons. The highest BCUT2D eigenvalue weighted by Crippen LogP contribution is 2.33. The number of benzene rings is 1. The van der Waals surface area contributed by atoms with Crippen LogP contribution in [-0.4, -0.2) is 11.1 Å². The molecule has 0 aliphatic rings. The van der Waals surface area contributed by atoms with E-state index in [4.69, 9.17) is 28.3 Å². The van der Waals surface area contributed by atoms with Gasteiger partial charge in [-0.25, -0.2) is 0 Å². The average molecular weight is 233 g/mol. The van der Waals surface area contributed by atoms with Crippen molar-refractivity contribution < 1.29 is 9.90 Å². The molecule has 0 heterocycles. The maximum absolute atomic E-state index is 10.9. The molecule has 14 heavy (non-hydrogen) atoms. The molecule has 0 saturated carbocycles. The molecular formula is C10H10Cl2O2. The highest BCUT2D eigenvalue weighted by Gasteiger charge is 2.22. The van der Waals surface area contributed by atoms with E-state index in [9.17, 15) is 4.79 Å². The van der Waals surface area contributed by atoms with Gasteiger partial charge in [0.05, 0.1) is 5.92 Å². The fraction of sp³-hybridized carbons (Fsp3) is 0.300. The Labute approximate surface area is 92.5 Å². The Bertz CT molecular complexity index is 330. The summed E-state index contributed by atoms with van der Waals surface area (Å²) in [6, 6.07) is 4.99. The second-order valence-electron chi connectivity index (χ2n) is 2.93.